The van der Waals surface area contributed by atoms with Crippen molar-refractivity contribution in [3.63, 3.8) is 0 Å². The summed E-state index contributed by atoms with van der Waals surface area (Å²) in [4.78, 5) is 4.74. The Morgan fingerprint density at radius 1 is 0.788 bits per heavy atom. The van der Waals surface area contributed by atoms with Gasteiger partial charge < -0.3 is 0 Å². The molecule has 0 saturated carbocycles. The highest BCUT2D eigenvalue weighted by molar-refractivity contribution is 6.03. The fourth-order valence-corrected chi connectivity index (χ4v) is 4.22. The zero-order valence-electron chi connectivity index (χ0n) is 18.8. The fraction of sp³-hybridized carbons (Fsp3) is 0.133. The van der Waals surface area contributed by atoms with Crippen LogP contribution in [-0.4, -0.2) is 11.9 Å². The molecule has 0 aromatic heterocycles. The highest BCUT2D eigenvalue weighted by Gasteiger charge is 2.29. The van der Waals surface area contributed by atoms with Gasteiger partial charge in [0.15, 0.2) is 0 Å². The van der Waals surface area contributed by atoms with Crippen LogP contribution < -0.4 is 5.01 Å². The Labute approximate surface area is 195 Å². The summed E-state index contributed by atoms with van der Waals surface area (Å²) in [5.74, 6) is 0. The predicted octanol–water partition coefficient (Wildman–Crippen LogP) is 7.22. The van der Waals surface area contributed by atoms with Crippen LogP contribution in [0.3, 0.4) is 0 Å². The third kappa shape index (κ3) is 4.78. The van der Waals surface area contributed by atoms with E-state index in [1.807, 2.05) is 18.3 Å². The molecule has 33 heavy (non-hydrogen) atoms. The Morgan fingerprint density at radius 2 is 1.39 bits per heavy atom. The van der Waals surface area contributed by atoms with Crippen LogP contribution >= 0.6 is 0 Å². The van der Waals surface area contributed by atoms with Crippen molar-refractivity contribution in [3.8, 4) is 0 Å². The zero-order chi connectivity index (χ0) is 22.5. The summed E-state index contributed by atoms with van der Waals surface area (Å²) < 4.78 is 0. The van der Waals surface area contributed by atoms with Gasteiger partial charge in [0, 0.05) is 12.6 Å². The summed E-state index contributed by atoms with van der Waals surface area (Å²) in [6.45, 7) is 2.12. The lowest BCUT2D eigenvalue weighted by Gasteiger charge is -2.24. The number of hydrazone groups is 1. The van der Waals surface area contributed by atoms with Crippen LogP contribution in [0.2, 0.25) is 0 Å². The lowest BCUT2D eigenvalue weighted by Crippen LogP contribution is -2.18. The van der Waals surface area contributed by atoms with Gasteiger partial charge in [0.1, 0.15) is 0 Å². The molecule has 1 heterocycles. The van der Waals surface area contributed by atoms with Gasteiger partial charge in [-0.1, -0.05) is 103 Å². The van der Waals surface area contributed by atoms with Gasteiger partial charge in [-0.2, -0.15) is 5.10 Å². The molecule has 162 valence electrons. The molecule has 3 heteroatoms. The number of anilines is 1. The Balaban J connectivity index is 1.40. The van der Waals surface area contributed by atoms with E-state index < -0.39 is 0 Å². The van der Waals surface area contributed by atoms with Crippen molar-refractivity contribution in [1.82, 2.24) is 0 Å². The van der Waals surface area contributed by atoms with Gasteiger partial charge in [-0.05, 0) is 41.3 Å². The maximum Gasteiger partial charge on any atom is 0.0831 e. The zero-order valence-corrected chi connectivity index (χ0v) is 18.8. The molecule has 0 unspecified atom stereocenters. The third-order valence-electron chi connectivity index (χ3n) is 6.09. The van der Waals surface area contributed by atoms with Crippen LogP contribution in [0, 0.1) is 0 Å². The summed E-state index contributed by atoms with van der Waals surface area (Å²) in [5, 5.41) is 7.20. The van der Waals surface area contributed by atoms with Gasteiger partial charge >= 0.3 is 0 Å². The van der Waals surface area contributed by atoms with Crippen molar-refractivity contribution in [2.75, 3.05) is 5.01 Å². The van der Waals surface area contributed by atoms with E-state index in [0.29, 0.717) is 0 Å². The normalized spacial score (nSPS) is 16.7. The Kier molecular flexibility index (Phi) is 6.12. The van der Waals surface area contributed by atoms with E-state index in [2.05, 4.69) is 115 Å². The molecule has 5 rings (SSSR count). The lowest BCUT2D eigenvalue weighted by molar-refractivity contribution is 0.709. The van der Waals surface area contributed by atoms with Gasteiger partial charge in [-0.3, -0.25) is 10.0 Å². The molecular formula is C30H27N3. The van der Waals surface area contributed by atoms with Crippen LogP contribution in [0.15, 0.2) is 125 Å². The first kappa shape index (κ1) is 20.9. The number of rotatable bonds is 6. The molecule has 2 atom stereocenters. The highest BCUT2D eigenvalue weighted by atomic mass is 15.5. The van der Waals surface area contributed by atoms with Crippen LogP contribution in [0.4, 0.5) is 5.69 Å². The van der Waals surface area contributed by atoms with Gasteiger partial charge in [-0.15, -0.1) is 0 Å². The SMILES string of the molecule is C[C@@H](N=Cc1ccc(N2N=C(c3ccccc3)C[C@@H]2c2ccccc2)cc1)c1ccccc1. The summed E-state index contributed by atoms with van der Waals surface area (Å²) >= 11 is 0. The molecule has 0 saturated heterocycles. The fourth-order valence-electron chi connectivity index (χ4n) is 4.22. The minimum atomic E-state index is 0.130. The van der Waals surface area contributed by atoms with E-state index >= 15 is 0 Å². The standard InChI is InChI=1S/C30H27N3/c1-23(25-11-5-2-6-12-25)31-22-24-17-19-28(20-18-24)33-30(27-15-9-4-10-16-27)21-29(32-33)26-13-7-3-8-14-26/h2-20,22-23,30H,21H2,1H3/t23-,30-/m1/s1. The smallest absolute Gasteiger partial charge is 0.0831 e. The number of benzene rings is 4. The minimum absolute atomic E-state index is 0.130. The molecule has 0 bridgehead atoms. The van der Waals surface area contributed by atoms with E-state index in [1.165, 1.54) is 16.7 Å². The molecule has 0 N–H and O–H groups in total. The Bertz CT molecular complexity index is 1230. The van der Waals surface area contributed by atoms with Crippen LogP contribution in [0.25, 0.3) is 0 Å². The van der Waals surface area contributed by atoms with Crippen molar-refractivity contribution in [2.45, 2.75) is 25.4 Å². The van der Waals surface area contributed by atoms with Gasteiger partial charge in [-0.25, -0.2) is 0 Å². The van der Waals surface area contributed by atoms with E-state index in [1.54, 1.807) is 0 Å². The topological polar surface area (TPSA) is 28.0 Å². The van der Waals surface area contributed by atoms with Crippen molar-refractivity contribution in [2.24, 2.45) is 10.1 Å². The maximum absolute atomic E-state index is 5.05. The summed E-state index contributed by atoms with van der Waals surface area (Å²) in [5.41, 5.74) is 6.96. The van der Waals surface area contributed by atoms with Gasteiger partial charge in [0.2, 0.25) is 0 Å². The summed E-state index contributed by atoms with van der Waals surface area (Å²) in [6, 6.07) is 40.3. The molecule has 4 aromatic carbocycles. The van der Waals surface area contributed by atoms with Crippen LogP contribution in [-0.2, 0) is 0 Å². The monoisotopic (exact) mass is 429 g/mol. The van der Waals surface area contributed by atoms with E-state index in [9.17, 15) is 0 Å². The van der Waals surface area contributed by atoms with Crippen LogP contribution in [0.5, 0.6) is 0 Å². The number of hydrogen-bond acceptors (Lipinski definition) is 3. The second-order valence-corrected chi connectivity index (χ2v) is 8.34. The molecule has 1 aliphatic heterocycles. The minimum Gasteiger partial charge on any atom is -0.285 e. The Hall–Kier alpha value is -3.98. The van der Waals surface area contributed by atoms with E-state index in [-0.39, 0.29) is 12.1 Å². The molecular weight excluding hydrogens is 402 g/mol. The lowest BCUT2D eigenvalue weighted by atomic mass is 9.98. The third-order valence-corrected chi connectivity index (χ3v) is 6.09. The quantitative estimate of drug-likeness (QED) is 0.297. The summed E-state index contributed by atoms with van der Waals surface area (Å²) in [6.07, 6.45) is 2.84. The molecule has 0 fully saturated rings. The van der Waals surface area contributed by atoms with Crippen LogP contribution in [0.1, 0.15) is 47.7 Å². The Morgan fingerprint density at radius 3 is 2.06 bits per heavy atom. The molecule has 0 radical (unpaired) electrons. The molecule has 3 nitrogen and oxygen atoms in total. The van der Waals surface area contributed by atoms with Gasteiger partial charge in [0.05, 0.1) is 23.5 Å². The molecule has 0 spiro atoms. The largest absolute Gasteiger partial charge is 0.285 e. The first-order valence-electron chi connectivity index (χ1n) is 11.4. The van der Waals surface area contributed by atoms with E-state index in [0.717, 1.165) is 23.4 Å². The molecule has 0 amide bonds. The van der Waals surface area contributed by atoms with Crippen molar-refractivity contribution in [1.29, 1.82) is 0 Å². The average Bonchev–Trinajstić information content (AvgIpc) is 3.35. The highest BCUT2D eigenvalue weighted by Crippen LogP contribution is 2.36. The number of hydrogen-bond donors (Lipinski definition) is 0. The first-order valence-corrected chi connectivity index (χ1v) is 11.4. The molecule has 1 aliphatic rings. The van der Waals surface area contributed by atoms with Crippen molar-refractivity contribution < 1.29 is 0 Å². The predicted molar refractivity (Wildman–Crippen MR) is 138 cm³/mol. The van der Waals surface area contributed by atoms with Gasteiger partial charge in [0.25, 0.3) is 0 Å². The van der Waals surface area contributed by atoms with E-state index in [4.69, 9.17) is 10.1 Å². The molecule has 0 aliphatic carbocycles. The average molecular weight is 430 g/mol. The number of nitrogens with zero attached hydrogens (tertiary/aromatic N) is 3. The number of aliphatic imine (C=N–C) groups is 1. The van der Waals surface area contributed by atoms with Crippen molar-refractivity contribution >= 4 is 17.6 Å². The maximum atomic E-state index is 5.05. The first-order chi connectivity index (χ1) is 16.3. The second kappa shape index (κ2) is 9.66. The van der Waals surface area contributed by atoms with Crippen molar-refractivity contribution in [3.05, 3.63) is 138 Å². The molecule has 4 aromatic rings. The second-order valence-electron chi connectivity index (χ2n) is 8.34. The summed E-state index contributed by atoms with van der Waals surface area (Å²) in [7, 11) is 0.